The Labute approximate surface area is 136 Å². The van der Waals surface area contributed by atoms with Gasteiger partial charge in [0.05, 0.1) is 11.2 Å². The highest BCUT2D eigenvalue weighted by Gasteiger charge is 2.15. The van der Waals surface area contributed by atoms with Crippen LogP contribution in [0.15, 0.2) is 29.2 Å². The van der Waals surface area contributed by atoms with E-state index in [-0.39, 0.29) is 22.4 Å². The van der Waals surface area contributed by atoms with Gasteiger partial charge in [-0.25, -0.2) is 4.68 Å². The number of halogens is 3. The molecule has 0 saturated carbocycles. The van der Waals surface area contributed by atoms with Crippen LogP contribution in [0.4, 0.5) is 0 Å². The van der Waals surface area contributed by atoms with E-state index in [9.17, 15) is 9.59 Å². The van der Waals surface area contributed by atoms with Crippen LogP contribution in [0.1, 0.15) is 22.8 Å². The van der Waals surface area contributed by atoms with E-state index in [1.54, 1.807) is 18.2 Å². The van der Waals surface area contributed by atoms with Crippen molar-refractivity contribution in [2.75, 3.05) is 0 Å². The van der Waals surface area contributed by atoms with E-state index >= 15 is 0 Å². The molecular formula is C14H11Cl3N2O2. The minimum absolute atomic E-state index is 0.0612. The minimum Gasteiger partial charge on any atom is -0.292 e. The summed E-state index contributed by atoms with van der Waals surface area (Å²) >= 11 is 17.4. The number of ketones is 1. The van der Waals surface area contributed by atoms with Crippen molar-refractivity contribution in [3.8, 4) is 0 Å². The second-order valence-electron chi connectivity index (χ2n) is 4.35. The van der Waals surface area contributed by atoms with Gasteiger partial charge in [-0.2, -0.15) is 5.10 Å². The maximum absolute atomic E-state index is 12.3. The van der Waals surface area contributed by atoms with Gasteiger partial charge in [-0.1, -0.05) is 41.7 Å². The van der Waals surface area contributed by atoms with Gasteiger partial charge in [-0.3, -0.25) is 9.59 Å². The molecule has 1 aromatic carbocycles. The van der Waals surface area contributed by atoms with Crippen molar-refractivity contribution in [2.24, 2.45) is 0 Å². The molecule has 0 aliphatic carbocycles. The fraction of sp³-hybridized carbons (Fsp3) is 0.214. The van der Waals surface area contributed by atoms with Crippen LogP contribution in [0.3, 0.4) is 0 Å². The Morgan fingerprint density at radius 3 is 2.67 bits per heavy atom. The van der Waals surface area contributed by atoms with Gasteiger partial charge in [0.2, 0.25) is 0 Å². The molecule has 0 saturated heterocycles. The molecule has 0 fully saturated rings. The summed E-state index contributed by atoms with van der Waals surface area (Å²) in [6.45, 7) is 1.72. The maximum atomic E-state index is 12.3. The largest absolute Gasteiger partial charge is 0.292 e. The number of carbonyl (C=O) groups is 1. The molecule has 7 heteroatoms. The highest BCUT2D eigenvalue weighted by molar-refractivity contribution is 6.41. The van der Waals surface area contributed by atoms with Crippen molar-refractivity contribution in [1.82, 2.24) is 9.78 Å². The number of rotatable bonds is 4. The Balaban J connectivity index is 2.35. The first-order chi connectivity index (χ1) is 9.93. The molecule has 0 bridgehead atoms. The van der Waals surface area contributed by atoms with Gasteiger partial charge in [0.15, 0.2) is 5.78 Å². The quantitative estimate of drug-likeness (QED) is 0.795. The van der Waals surface area contributed by atoms with Crippen LogP contribution in [-0.2, 0) is 13.0 Å². The van der Waals surface area contributed by atoms with E-state index in [1.165, 1.54) is 6.20 Å². The Bertz CT molecular complexity index is 756. The summed E-state index contributed by atoms with van der Waals surface area (Å²) in [5, 5.41) is 4.30. The number of hydrogen-bond acceptors (Lipinski definition) is 3. The molecule has 0 aliphatic rings. The lowest BCUT2D eigenvalue weighted by Crippen LogP contribution is -2.27. The summed E-state index contributed by atoms with van der Waals surface area (Å²) in [4.78, 5) is 24.2. The first-order valence-electron chi connectivity index (χ1n) is 6.16. The molecule has 1 aromatic heterocycles. The fourth-order valence-electron chi connectivity index (χ4n) is 1.91. The predicted molar refractivity (Wildman–Crippen MR) is 83.7 cm³/mol. The van der Waals surface area contributed by atoms with Crippen LogP contribution in [-0.4, -0.2) is 15.6 Å². The van der Waals surface area contributed by atoms with Crippen molar-refractivity contribution in [3.05, 3.63) is 60.9 Å². The monoisotopic (exact) mass is 344 g/mol. The van der Waals surface area contributed by atoms with Gasteiger partial charge >= 0.3 is 0 Å². The average Bonchev–Trinajstić information content (AvgIpc) is 2.47. The molecule has 110 valence electrons. The number of aryl methyl sites for hydroxylation is 1. The minimum atomic E-state index is -0.593. The van der Waals surface area contributed by atoms with Crippen molar-refractivity contribution in [3.63, 3.8) is 0 Å². The summed E-state index contributed by atoms with van der Waals surface area (Å²) < 4.78 is 0.991. The van der Waals surface area contributed by atoms with Crippen LogP contribution < -0.4 is 5.56 Å². The molecular weight excluding hydrogens is 335 g/mol. The van der Waals surface area contributed by atoms with Crippen LogP contribution in [0.5, 0.6) is 0 Å². The third-order valence-electron chi connectivity index (χ3n) is 2.98. The number of Topliss-reactive ketones (excluding diaryl/α,β-unsaturated/α-hetero) is 1. The second kappa shape index (κ2) is 6.60. The Morgan fingerprint density at radius 2 is 2.00 bits per heavy atom. The maximum Gasteiger partial charge on any atom is 0.287 e. The van der Waals surface area contributed by atoms with Crippen LogP contribution in [0.25, 0.3) is 0 Å². The Kier molecular flexibility index (Phi) is 5.04. The zero-order valence-corrected chi connectivity index (χ0v) is 13.3. The lowest BCUT2D eigenvalue weighted by molar-refractivity contribution is 0.0965. The van der Waals surface area contributed by atoms with Crippen molar-refractivity contribution in [1.29, 1.82) is 0 Å². The summed E-state index contributed by atoms with van der Waals surface area (Å²) in [7, 11) is 0. The second-order valence-corrected chi connectivity index (χ2v) is 5.57. The SMILES string of the molecule is CCc1cc(Cl)ccc1C(=O)Cn1ncc(Cl)c(Cl)c1=O. The van der Waals surface area contributed by atoms with E-state index in [0.717, 1.165) is 10.2 Å². The van der Waals surface area contributed by atoms with E-state index in [0.29, 0.717) is 17.0 Å². The Hall–Kier alpha value is -1.36. The van der Waals surface area contributed by atoms with Crippen LogP contribution in [0.2, 0.25) is 15.1 Å². The topological polar surface area (TPSA) is 52.0 Å². The average molecular weight is 346 g/mol. The molecule has 2 rings (SSSR count). The van der Waals surface area contributed by atoms with Crippen molar-refractivity contribution in [2.45, 2.75) is 19.9 Å². The number of nitrogens with zero attached hydrogens (tertiary/aromatic N) is 2. The Morgan fingerprint density at radius 1 is 1.29 bits per heavy atom. The first-order valence-corrected chi connectivity index (χ1v) is 7.30. The number of hydrogen-bond donors (Lipinski definition) is 0. The third-order valence-corrected chi connectivity index (χ3v) is 3.97. The van der Waals surface area contributed by atoms with Gasteiger partial charge in [-0.05, 0) is 30.2 Å². The molecule has 0 radical (unpaired) electrons. The lowest BCUT2D eigenvalue weighted by Gasteiger charge is -2.09. The van der Waals surface area contributed by atoms with Crippen LogP contribution >= 0.6 is 34.8 Å². The van der Waals surface area contributed by atoms with Crippen molar-refractivity contribution < 1.29 is 4.79 Å². The van der Waals surface area contributed by atoms with E-state index in [1.807, 2.05) is 6.92 Å². The first kappa shape index (κ1) is 16.0. The van der Waals surface area contributed by atoms with E-state index in [2.05, 4.69) is 5.10 Å². The highest BCUT2D eigenvalue weighted by Crippen LogP contribution is 2.18. The van der Waals surface area contributed by atoms with E-state index < -0.39 is 5.56 Å². The predicted octanol–water partition coefficient (Wildman–Crippen LogP) is 3.65. The van der Waals surface area contributed by atoms with Gasteiger partial charge in [-0.15, -0.1) is 0 Å². The van der Waals surface area contributed by atoms with Gasteiger partial charge in [0, 0.05) is 10.6 Å². The number of benzene rings is 1. The zero-order chi connectivity index (χ0) is 15.6. The zero-order valence-electron chi connectivity index (χ0n) is 11.1. The number of carbonyl (C=O) groups excluding carboxylic acids is 1. The summed E-state index contributed by atoms with van der Waals surface area (Å²) in [5.41, 5.74) is 0.742. The normalized spacial score (nSPS) is 10.7. The molecule has 0 atom stereocenters. The molecule has 4 nitrogen and oxygen atoms in total. The summed E-state index contributed by atoms with van der Waals surface area (Å²) in [6, 6.07) is 5.02. The van der Waals surface area contributed by atoms with Crippen molar-refractivity contribution >= 4 is 40.6 Å². The van der Waals surface area contributed by atoms with Gasteiger partial charge in [0.25, 0.3) is 5.56 Å². The van der Waals surface area contributed by atoms with Gasteiger partial charge in [0.1, 0.15) is 11.6 Å². The lowest BCUT2D eigenvalue weighted by atomic mass is 10.0. The fourth-order valence-corrected chi connectivity index (χ4v) is 2.37. The standard InChI is InChI=1S/C14H11Cl3N2O2/c1-2-8-5-9(15)3-4-10(8)12(20)7-19-14(21)13(17)11(16)6-18-19/h3-6H,2,7H2,1H3. The molecule has 1 heterocycles. The van der Waals surface area contributed by atoms with Gasteiger partial charge < -0.3 is 0 Å². The summed E-state index contributed by atoms with van der Waals surface area (Å²) in [6.07, 6.45) is 1.90. The molecule has 0 aliphatic heterocycles. The molecule has 21 heavy (non-hydrogen) atoms. The molecule has 0 amide bonds. The smallest absolute Gasteiger partial charge is 0.287 e. The van der Waals surface area contributed by atoms with Crippen LogP contribution in [0, 0.1) is 0 Å². The molecule has 2 aromatic rings. The summed E-state index contributed by atoms with van der Waals surface area (Å²) in [5.74, 6) is -0.239. The third kappa shape index (κ3) is 3.46. The van der Waals surface area contributed by atoms with E-state index in [4.69, 9.17) is 34.8 Å². The number of aromatic nitrogens is 2. The highest BCUT2D eigenvalue weighted by atomic mass is 35.5. The molecule has 0 unspecified atom stereocenters. The molecule has 0 N–H and O–H groups in total. The molecule has 0 spiro atoms.